The van der Waals surface area contributed by atoms with Gasteiger partial charge in [0.05, 0.1) is 18.9 Å². The second-order valence-electron chi connectivity index (χ2n) is 6.26. The zero-order valence-electron chi connectivity index (χ0n) is 14.5. The first-order chi connectivity index (χ1) is 12.8. The molecule has 0 aliphatic carbocycles. The van der Waals surface area contributed by atoms with Crippen molar-refractivity contribution in [3.8, 4) is 11.3 Å². The van der Waals surface area contributed by atoms with E-state index >= 15 is 0 Å². The summed E-state index contributed by atoms with van der Waals surface area (Å²) in [4.78, 5) is 19.3. The lowest BCUT2D eigenvalue weighted by Crippen LogP contribution is -2.41. The van der Waals surface area contributed by atoms with Gasteiger partial charge in [0.25, 0.3) is 5.91 Å². The molecule has 26 heavy (non-hydrogen) atoms. The number of thiophene rings is 1. The molecular formula is C20H21N3O2S. The molecule has 2 aromatic heterocycles. The number of pyridine rings is 1. The van der Waals surface area contributed by atoms with Gasteiger partial charge in [0, 0.05) is 47.2 Å². The highest BCUT2D eigenvalue weighted by Gasteiger charge is 2.13. The fraction of sp³-hybridized carbons (Fsp3) is 0.300. The Balaban J connectivity index is 1.44. The summed E-state index contributed by atoms with van der Waals surface area (Å²) in [5.74, 6) is -0.125. The molecule has 1 saturated heterocycles. The average molecular weight is 367 g/mol. The van der Waals surface area contributed by atoms with Crippen LogP contribution >= 0.6 is 11.3 Å². The minimum absolute atomic E-state index is 0.125. The van der Waals surface area contributed by atoms with Gasteiger partial charge in [-0.25, -0.2) is 4.98 Å². The molecule has 1 amide bonds. The molecule has 3 heterocycles. The van der Waals surface area contributed by atoms with Crippen LogP contribution in [0.3, 0.4) is 0 Å². The number of fused-ring (bicyclic) bond motifs is 1. The Morgan fingerprint density at radius 1 is 1.15 bits per heavy atom. The lowest BCUT2D eigenvalue weighted by molar-refractivity contribution is 0.0383. The number of rotatable bonds is 5. The van der Waals surface area contributed by atoms with Crippen molar-refractivity contribution in [1.29, 1.82) is 0 Å². The van der Waals surface area contributed by atoms with E-state index in [1.165, 1.54) is 10.1 Å². The molecule has 0 atom stereocenters. The molecule has 0 unspecified atom stereocenters. The molecule has 0 radical (unpaired) electrons. The lowest BCUT2D eigenvalue weighted by Gasteiger charge is -2.26. The van der Waals surface area contributed by atoms with Crippen LogP contribution in [0.5, 0.6) is 0 Å². The number of ether oxygens (including phenoxy) is 1. The maximum Gasteiger partial charge on any atom is 0.269 e. The maximum atomic E-state index is 12.5. The van der Waals surface area contributed by atoms with E-state index in [9.17, 15) is 4.79 Å². The second kappa shape index (κ2) is 7.95. The molecule has 6 heteroatoms. The van der Waals surface area contributed by atoms with Crippen molar-refractivity contribution < 1.29 is 9.53 Å². The van der Waals surface area contributed by atoms with Crippen LogP contribution in [0, 0.1) is 0 Å². The summed E-state index contributed by atoms with van der Waals surface area (Å²) in [6, 6.07) is 13.9. The van der Waals surface area contributed by atoms with E-state index in [0.29, 0.717) is 12.2 Å². The number of hydrogen-bond donors (Lipinski definition) is 1. The summed E-state index contributed by atoms with van der Waals surface area (Å²) in [5.41, 5.74) is 2.37. The number of hydrogen-bond acceptors (Lipinski definition) is 5. The molecule has 1 fully saturated rings. The van der Waals surface area contributed by atoms with Crippen molar-refractivity contribution >= 4 is 27.3 Å². The summed E-state index contributed by atoms with van der Waals surface area (Å²) in [6.45, 7) is 4.85. The van der Waals surface area contributed by atoms with Gasteiger partial charge in [0.15, 0.2) is 0 Å². The largest absolute Gasteiger partial charge is 0.379 e. The van der Waals surface area contributed by atoms with Crippen molar-refractivity contribution in [3.63, 3.8) is 0 Å². The van der Waals surface area contributed by atoms with Crippen molar-refractivity contribution in [2.45, 2.75) is 0 Å². The number of carbonyl (C=O) groups excluding carboxylic acids is 1. The molecule has 0 spiro atoms. The normalized spacial score (nSPS) is 15.2. The molecule has 5 nitrogen and oxygen atoms in total. The van der Waals surface area contributed by atoms with Crippen molar-refractivity contribution in [1.82, 2.24) is 15.2 Å². The number of nitrogens with zero attached hydrogens (tertiary/aromatic N) is 2. The predicted octanol–water partition coefficient (Wildman–Crippen LogP) is 3.03. The molecule has 0 bridgehead atoms. The highest BCUT2D eigenvalue weighted by molar-refractivity contribution is 7.17. The Labute approximate surface area is 156 Å². The minimum Gasteiger partial charge on any atom is -0.379 e. The Morgan fingerprint density at radius 2 is 2.00 bits per heavy atom. The quantitative estimate of drug-likeness (QED) is 0.753. The zero-order chi connectivity index (χ0) is 17.8. The van der Waals surface area contributed by atoms with E-state index in [-0.39, 0.29) is 5.91 Å². The molecule has 1 aromatic carbocycles. The Kier molecular flexibility index (Phi) is 5.24. The van der Waals surface area contributed by atoms with E-state index in [1.807, 2.05) is 24.3 Å². The first-order valence-electron chi connectivity index (χ1n) is 8.83. The minimum atomic E-state index is -0.125. The topological polar surface area (TPSA) is 54.5 Å². The molecule has 1 aliphatic rings. The standard InChI is InChI=1S/C20H21N3O2S/c24-20(21-8-9-23-10-12-25-13-11-23)18-6-3-5-17(22-18)16-14-26-19-7-2-1-4-15(16)19/h1-7,14H,8-13H2,(H,21,24). The van der Waals surface area contributed by atoms with Gasteiger partial charge in [0.2, 0.25) is 0 Å². The van der Waals surface area contributed by atoms with Gasteiger partial charge in [-0.3, -0.25) is 9.69 Å². The zero-order valence-corrected chi connectivity index (χ0v) is 15.3. The van der Waals surface area contributed by atoms with Crippen LogP contribution in [0.15, 0.2) is 47.8 Å². The van der Waals surface area contributed by atoms with Crippen LogP contribution in [0.4, 0.5) is 0 Å². The van der Waals surface area contributed by atoms with Crippen LogP contribution in [-0.2, 0) is 4.74 Å². The second-order valence-corrected chi connectivity index (χ2v) is 7.17. The third-order valence-corrected chi connectivity index (χ3v) is 5.52. The first-order valence-corrected chi connectivity index (χ1v) is 9.71. The molecule has 0 saturated carbocycles. The summed E-state index contributed by atoms with van der Waals surface area (Å²) < 4.78 is 6.56. The molecule has 1 aliphatic heterocycles. The number of benzene rings is 1. The summed E-state index contributed by atoms with van der Waals surface area (Å²) in [7, 11) is 0. The van der Waals surface area contributed by atoms with E-state index in [0.717, 1.165) is 44.1 Å². The van der Waals surface area contributed by atoms with Gasteiger partial charge in [-0.05, 0) is 18.2 Å². The number of amides is 1. The van der Waals surface area contributed by atoms with Crippen LogP contribution in [0.25, 0.3) is 21.3 Å². The lowest BCUT2D eigenvalue weighted by atomic mass is 10.1. The smallest absolute Gasteiger partial charge is 0.269 e. The van der Waals surface area contributed by atoms with Crippen LogP contribution in [0.1, 0.15) is 10.5 Å². The van der Waals surface area contributed by atoms with Gasteiger partial charge >= 0.3 is 0 Å². The van der Waals surface area contributed by atoms with Gasteiger partial charge in [0.1, 0.15) is 5.69 Å². The van der Waals surface area contributed by atoms with E-state index in [4.69, 9.17) is 4.74 Å². The fourth-order valence-electron chi connectivity index (χ4n) is 3.13. The van der Waals surface area contributed by atoms with E-state index in [2.05, 4.69) is 32.7 Å². The number of morpholine rings is 1. The maximum absolute atomic E-state index is 12.5. The number of aromatic nitrogens is 1. The monoisotopic (exact) mass is 367 g/mol. The van der Waals surface area contributed by atoms with Gasteiger partial charge in [-0.15, -0.1) is 11.3 Å². The predicted molar refractivity (Wildman–Crippen MR) is 105 cm³/mol. The molecule has 134 valence electrons. The summed E-state index contributed by atoms with van der Waals surface area (Å²) >= 11 is 1.70. The van der Waals surface area contributed by atoms with Gasteiger partial charge < -0.3 is 10.1 Å². The average Bonchev–Trinajstić information content (AvgIpc) is 3.13. The Hall–Kier alpha value is -2.28. The molecule has 4 rings (SSSR count). The fourth-order valence-corrected chi connectivity index (χ4v) is 4.08. The van der Waals surface area contributed by atoms with Crippen LogP contribution in [-0.4, -0.2) is 55.2 Å². The van der Waals surface area contributed by atoms with Crippen molar-refractivity contribution in [2.24, 2.45) is 0 Å². The number of nitrogens with one attached hydrogen (secondary N) is 1. The Bertz CT molecular complexity index is 903. The Morgan fingerprint density at radius 3 is 2.88 bits per heavy atom. The van der Waals surface area contributed by atoms with Gasteiger partial charge in [-0.2, -0.15) is 0 Å². The van der Waals surface area contributed by atoms with Gasteiger partial charge in [-0.1, -0.05) is 24.3 Å². The third-order valence-electron chi connectivity index (χ3n) is 4.56. The van der Waals surface area contributed by atoms with E-state index < -0.39 is 0 Å². The molecule has 1 N–H and O–H groups in total. The van der Waals surface area contributed by atoms with Crippen LogP contribution < -0.4 is 5.32 Å². The highest BCUT2D eigenvalue weighted by Crippen LogP contribution is 2.32. The summed E-state index contributed by atoms with van der Waals surface area (Å²) in [5, 5.41) is 6.25. The SMILES string of the molecule is O=C(NCCN1CCOCC1)c1cccc(-c2csc3ccccc23)n1. The van der Waals surface area contributed by atoms with E-state index in [1.54, 1.807) is 17.4 Å². The molecular weight excluding hydrogens is 346 g/mol. The van der Waals surface area contributed by atoms with Crippen molar-refractivity contribution in [3.05, 3.63) is 53.5 Å². The third kappa shape index (κ3) is 3.77. The number of carbonyl (C=O) groups is 1. The highest BCUT2D eigenvalue weighted by atomic mass is 32.1. The van der Waals surface area contributed by atoms with Crippen LogP contribution in [0.2, 0.25) is 0 Å². The molecule has 3 aromatic rings. The first kappa shape index (κ1) is 17.1. The summed E-state index contributed by atoms with van der Waals surface area (Å²) in [6.07, 6.45) is 0. The van der Waals surface area contributed by atoms with Crippen molar-refractivity contribution in [2.75, 3.05) is 39.4 Å².